The number of anilines is 1. The predicted molar refractivity (Wildman–Crippen MR) is 70.4 cm³/mol. The van der Waals surface area contributed by atoms with E-state index < -0.39 is 0 Å². The number of urea groups is 1. The Morgan fingerprint density at radius 3 is 2.78 bits per heavy atom. The number of likely N-dealkylation sites (tertiary alicyclic amines) is 1. The summed E-state index contributed by atoms with van der Waals surface area (Å²) in [6.07, 6.45) is 5.64. The number of rotatable bonds is 1. The van der Waals surface area contributed by atoms with Gasteiger partial charge in [-0.05, 0) is 49.3 Å². The zero-order valence-electron chi connectivity index (χ0n) is 10.7. The van der Waals surface area contributed by atoms with E-state index in [1.54, 1.807) is 6.20 Å². The van der Waals surface area contributed by atoms with Crippen molar-refractivity contribution in [2.45, 2.75) is 26.2 Å². The molecule has 2 aliphatic rings. The molecule has 1 saturated carbocycles. The van der Waals surface area contributed by atoms with Gasteiger partial charge in [0.2, 0.25) is 0 Å². The number of pyridine rings is 1. The average Bonchev–Trinajstić information content (AvgIpc) is 2.88. The Balaban J connectivity index is 1.62. The van der Waals surface area contributed by atoms with Crippen LogP contribution in [0.1, 0.15) is 24.8 Å². The molecule has 3 rings (SSSR count). The second-order valence-electron chi connectivity index (χ2n) is 5.50. The lowest BCUT2D eigenvalue weighted by molar-refractivity contribution is 0.218. The largest absolute Gasteiger partial charge is 0.324 e. The van der Waals surface area contributed by atoms with E-state index in [-0.39, 0.29) is 6.03 Å². The van der Waals surface area contributed by atoms with Crippen molar-refractivity contribution in [2.24, 2.45) is 11.8 Å². The van der Waals surface area contributed by atoms with Gasteiger partial charge in [-0.2, -0.15) is 0 Å². The van der Waals surface area contributed by atoms with Gasteiger partial charge in [-0.3, -0.25) is 5.32 Å². The highest BCUT2D eigenvalue weighted by molar-refractivity contribution is 5.88. The van der Waals surface area contributed by atoms with Crippen molar-refractivity contribution in [3.63, 3.8) is 0 Å². The summed E-state index contributed by atoms with van der Waals surface area (Å²) in [5.41, 5.74) is 1.11. The monoisotopic (exact) mass is 245 g/mol. The van der Waals surface area contributed by atoms with Gasteiger partial charge < -0.3 is 4.90 Å². The Kier molecular flexibility index (Phi) is 2.94. The molecule has 0 spiro atoms. The minimum absolute atomic E-state index is 0.00231. The number of fused-ring (bicyclic) bond motifs is 1. The fraction of sp³-hybridized carbons (Fsp3) is 0.571. The Hall–Kier alpha value is -1.58. The second-order valence-corrected chi connectivity index (χ2v) is 5.50. The van der Waals surface area contributed by atoms with Crippen molar-refractivity contribution in [2.75, 3.05) is 18.4 Å². The maximum absolute atomic E-state index is 12.1. The molecule has 0 radical (unpaired) electrons. The number of amides is 2. The first-order valence-electron chi connectivity index (χ1n) is 6.71. The van der Waals surface area contributed by atoms with Crippen LogP contribution in [0.3, 0.4) is 0 Å². The Labute approximate surface area is 107 Å². The van der Waals surface area contributed by atoms with Crippen LogP contribution in [-0.2, 0) is 0 Å². The summed E-state index contributed by atoms with van der Waals surface area (Å²) in [6, 6.07) is 3.83. The third-order valence-electron chi connectivity index (χ3n) is 4.16. The molecule has 2 heterocycles. The molecule has 4 nitrogen and oxygen atoms in total. The van der Waals surface area contributed by atoms with E-state index in [1.165, 1.54) is 19.3 Å². The highest BCUT2D eigenvalue weighted by Crippen LogP contribution is 2.37. The Morgan fingerprint density at radius 1 is 1.39 bits per heavy atom. The highest BCUT2D eigenvalue weighted by atomic mass is 16.2. The topological polar surface area (TPSA) is 45.2 Å². The zero-order chi connectivity index (χ0) is 12.5. The molecule has 1 saturated heterocycles. The first-order valence-corrected chi connectivity index (χ1v) is 6.71. The van der Waals surface area contributed by atoms with Gasteiger partial charge in [-0.1, -0.05) is 6.42 Å². The molecule has 96 valence electrons. The molecule has 0 unspecified atom stereocenters. The quantitative estimate of drug-likeness (QED) is 0.826. The fourth-order valence-electron chi connectivity index (χ4n) is 3.19. The molecule has 4 heteroatoms. The molecule has 0 aromatic carbocycles. The maximum Gasteiger partial charge on any atom is 0.323 e. The van der Waals surface area contributed by atoms with Crippen molar-refractivity contribution in [1.82, 2.24) is 9.88 Å². The van der Waals surface area contributed by atoms with Crippen molar-refractivity contribution in [3.05, 3.63) is 23.9 Å². The second kappa shape index (κ2) is 4.59. The Morgan fingerprint density at radius 2 is 2.11 bits per heavy atom. The number of carbonyl (C=O) groups is 1. The van der Waals surface area contributed by atoms with Crippen LogP contribution >= 0.6 is 0 Å². The number of aryl methyl sites for hydroxylation is 1. The highest BCUT2D eigenvalue weighted by Gasteiger charge is 2.37. The van der Waals surface area contributed by atoms with Gasteiger partial charge in [0.05, 0.1) is 0 Å². The number of hydrogen-bond donors (Lipinski definition) is 1. The molecule has 1 aromatic heterocycles. The maximum atomic E-state index is 12.1. The van der Waals surface area contributed by atoms with Gasteiger partial charge in [0.15, 0.2) is 0 Å². The molecule has 2 atom stereocenters. The minimum Gasteiger partial charge on any atom is -0.324 e. The van der Waals surface area contributed by atoms with Crippen LogP contribution in [0, 0.1) is 18.8 Å². The molecule has 1 aliphatic carbocycles. The molecular weight excluding hydrogens is 226 g/mol. The summed E-state index contributed by atoms with van der Waals surface area (Å²) in [6.45, 7) is 3.84. The van der Waals surface area contributed by atoms with E-state index in [1.807, 2.05) is 24.0 Å². The van der Waals surface area contributed by atoms with Crippen LogP contribution in [-0.4, -0.2) is 29.0 Å². The third-order valence-corrected chi connectivity index (χ3v) is 4.16. The number of nitrogens with one attached hydrogen (secondary N) is 1. The number of aromatic nitrogens is 1. The van der Waals surface area contributed by atoms with Crippen LogP contribution in [0.5, 0.6) is 0 Å². The van der Waals surface area contributed by atoms with Gasteiger partial charge in [0.25, 0.3) is 0 Å². The van der Waals surface area contributed by atoms with E-state index in [9.17, 15) is 4.79 Å². The summed E-state index contributed by atoms with van der Waals surface area (Å²) in [7, 11) is 0. The molecule has 1 N–H and O–H groups in total. The summed E-state index contributed by atoms with van der Waals surface area (Å²) in [5.74, 6) is 2.12. The SMILES string of the molecule is Cc1ccnc(NC(=O)N2C[C@@H]3CCC[C@H]3C2)c1. The summed E-state index contributed by atoms with van der Waals surface area (Å²) < 4.78 is 0. The lowest BCUT2D eigenvalue weighted by Crippen LogP contribution is -2.33. The van der Waals surface area contributed by atoms with Gasteiger partial charge in [0, 0.05) is 19.3 Å². The van der Waals surface area contributed by atoms with Gasteiger partial charge in [-0.25, -0.2) is 9.78 Å². The third kappa shape index (κ3) is 2.19. The summed E-state index contributed by atoms with van der Waals surface area (Å²) >= 11 is 0. The lowest BCUT2D eigenvalue weighted by Gasteiger charge is -2.17. The van der Waals surface area contributed by atoms with E-state index >= 15 is 0 Å². The van der Waals surface area contributed by atoms with Crippen LogP contribution < -0.4 is 5.32 Å². The first-order chi connectivity index (χ1) is 8.72. The van der Waals surface area contributed by atoms with Crippen LogP contribution in [0.15, 0.2) is 18.3 Å². The van der Waals surface area contributed by atoms with Gasteiger partial charge in [0.1, 0.15) is 5.82 Å². The Bertz CT molecular complexity index is 448. The molecule has 0 bridgehead atoms. The van der Waals surface area contributed by atoms with Crippen LogP contribution in [0.2, 0.25) is 0 Å². The van der Waals surface area contributed by atoms with Crippen molar-refractivity contribution in [3.8, 4) is 0 Å². The minimum atomic E-state index is 0.00231. The van der Waals surface area contributed by atoms with E-state index in [0.29, 0.717) is 5.82 Å². The van der Waals surface area contributed by atoms with Gasteiger partial charge >= 0.3 is 6.03 Å². The zero-order valence-corrected chi connectivity index (χ0v) is 10.7. The molecular formula is C14H19N3O. The number of nitrogens with zero attached hydrogens (tertiary/aromatic N) is 2. The predicted octanol–water partition coefficient (Wildman–Crippen LogP) is 2.65. The molecule has 18 heavy (non-hydrogen) atoms. The lowest BCUT2D eigenvalue weighted by atomic mass is 10.0. The molecule has 1 aromatic rings. The van der Waals surface area contributed by atoms with E-state index in [0.717, 1.165) is 30.5 Å². The average molecular weight is 245 g/mol. The molecule has 2 amide bonds. The number of hydrogen-bond acceptors (Lipinski definition) is 2. The van der Waals surface area contributed by atoms with E-state index in [2.05, 4.69) is 10.3 Å². The van der Waals surface area contributed by atoms with Crippen molar-refractivity contribution >= 4 is 11.8 Å². The summed E-state index contributed by atoms with van der Waals surface area (Å²) in [5, 5.41) is 2.89. The van der Waals surface area contributed by atoms with Crippen LogP contribution in [0.4, 0.5) is 10.6 Å². The summed E-state index contributed by atoms with van der Waals surface area (Å²) in [4.78, 5) is 18.2. The van der Waals surface area contributed by atoms with Gasteiger partial charge in [-0.15, -0.1) is 0 Å². The molecule has 1 aliphatic heterocycles. The van der Waals surface area contributed by atoms with Crippen molar-refractivity contribution < 1.29 is 4.79 Å². The number of carbonyl (C=O) groups excluding carboxylic acids is 1. The van der Waals surface area contributed by atoms with E-state index in [4.69, 9.17) is 0 Å². The molecule has 2 fully saturated rings. The smallest absolute Gasteiger partial charge is 0.323 e. The first kappa shape index (κ1) is 11.5. The fourth-order valence-corrected chi connectivity index (χ4v) is 3.19. The van der Waals surface area contributed by atoms with Crippen molar-refractivity contribution in [1.29, 1.82) is 0 Å². The normalized spacial score (nSPS) is 26.2. The van der Waals surface area contributed by atoms with Crippen LogP contribution in [0.25, 0.3) is 0 Å². The standard InChI is InChI=1S/C14H19N3O/c1-10-5-6-15-13(7-10)16-14(18)17-8-11-3-2-4-12(11)9-17/h5-7,11-12H,2-4,8-9H2,1H3,(H,15,16,18)/t11-,12-/m0/s1.